The lowest BCUT2D eigenvalue weighted by atomic mass is 9.43. The van der Waals surface area contributed by atoms with Gasteiger partial charge in [-0.25, -0.2) is 0 Å². The van der Waals surface area contributed by atoms with E-state index >= 15 is 0 Å². The Bertz CT molecular complexity index is 2310. The highest BCUT2D eigenvalue weighted by atomic mass is 16.5. The molecule has 0 amide bonds. The first kappa shape index (κ1) is 63.8. The number of fused-ring (bicyclic) bond motifs is 5. The largest absolute Gasteiger partial charge is 0.388 e. The third-order valence-electron chi connectivity index (χ3n) is 17.8. The highest BCUT2D eigenvalue weighted by Gasteiger charge is 2.68. The quantitative estimate of drug-likeness (QED) is 0.0499. The maximum absolute atomic E-state index is 14.1. The second-order valence-corrected chi connectivity index (χ2v) is 24.9. The van der Waals surface area contributed by atoms with Gasteiger partial charge in [0.2, 0.25) is 5.78 Å². The standard InChI is InChI=1S/C61H93N3O11/c1-15-16-17-18-19-20-21-22-48(66)55(3,4)71-38-42(65)39-72-56(5,6)49(67)26-23-40(2)44-24-25-45-54-46(37-53(61(44,45)14)75-59(11,12)52(70)30-34-64)60(13)31-27-43(73-57(7,8)50(68)28-32-62)35-41(60)36-47(54)74-58(9,10)51(69)29-33-63/h40-47,53-54,65H,23-39,62-64H2,1-14H3/t40-,41+,42?,43-,44-,45+,46+,47-,53+,54+,60+,61-/m1/s1. The third-order valence-corrected chi connectivity index (χ3v) is 17.8. The van der Waals surface area contributed by atoms with Crippen molar-refractivity contribution in [2.24, 2.45) is 63.5 Å². The van der Waals surface area contributed by atoms with Crippen LogP contribution in [-0.2, 0) is 47.7 Å². The number of carbonyl (C=O) groups excluding carboxylic acids is 5. The number of hydrogen-bond acceptors (Lipinski definition) is 14. The average Bonchev–Trinajstić information content (AvgIpc) is 3.70. The van der Waals surface area contributed by atoms with Crippen LogP contribution in [0.25, 0.3) is 0 Å². The SMILES string of the molecule is CC#CC#CC#CC#CC(=O)C(C)(C)OCC(O)COC(C)(C)C(=O)CC[C@@H](C)[C@H]1CC[C@H]2[C@@H]3[C@H](OC(C)(C)C(=O)CCN)C[C@@H]4C[C@H](OC(C)(C)C(=O)CCN)CC[C@]4(C)[C@H]3C[C@H](OC(C)(C)C(=O)CCN)[C@]12C. The number of nitrogens with two attached hydrogens (primary N) is 3. The van der Waals surface area contributed by atoms with Gasteiger partial charge >= 0.3 is 0 Å². The Labute approximate surface area is 450 Å². The van der Waals surface area contributed by atoms with Crippen molar-refractivity contribution in [2.45, 2.75) is 226 Å². The van der Waals surface area contributed by atoms with Crippen LogP contribution in [0, 0.1) is 93.7 Å². The van der Waals surface area contributed by atoms with E-state index in [2.05, 4.69) is 68.1 Å². The predicted octanol–water partition coefficient (Wildman–Crippen LogP) is 6.65. The Kier molecular flexibility index (Phi) is 22.3. The van der Waals surface area contributed by atoms with Crippen LogP contribution in [0.15, 0.2) is 0 Å². The van der Waals surface area contributed by atoms with Crippen LogP contribution in [-0.4, -0.2) is 119 Å². The minimum Gasteiger partial charge on any atom is -0.388 e. The van der Waals surface area contributed by atoms with Crippen molar-refractivity contribution >= 4 is 28.9 Å². The van der Waals surface area contributed by atoms with Crippen molar-refractivity contribution in [2.75, 3.05) is 32.8 Å². The van der Waals surface area contributed by atoms with Gasteiger partial charge in [-0.3, -0.25) is 24.0 Å². The molecular formula is C61H93N3O11. The van der Waals surface area contributed by atoms with Crippen LogP contribution in [0.4, 0.5) is 0 Å². The molecule has 0 aromatic heterocycles. The lowest BCUT2D eigenvalue weighted by Gasteiger charge is -2.65. The summed E-state index contributed by atoms with van der Waals surface area (Å²) in [5, 5.41) is 10.9. The molecule has 0 heterocycles. The summed E-state index contributed by atoms with van der Waals surface area (Å²) in [5.74, 6) is 20.0. The number of aliphatic hydroxyl groups is 1. The van der Waals surface area contributed by atoms with Crippen molar-refractivity contribution in [3.8, 4) is 47.4 Å². The van der Waals surface area contributed by atoms with Gasteiger partial charge in [-0.1, -0.05) is 26.7 Å². The molecule has 0 aliphatic heterocycles. The zero-order valence-electron chi connectivity index (χ0n) is 48.1. The minimum atomic E-state index is -1.34. The number of hydrogen-bond donors (Lipinski definition) is 4. The third kappa shape index (κ3) is 15.5. The van der Waals surface area contributed by atoms with Crippen LogP contribution in [0.2, 0.25) is 0 Å². The summed E-state index contributed by atoms with van der Waals surface area (Å²) in [7, 11) is 0. The first-order valence-electron chi connectivity index (χ1n) is 27.6. The van der Waals surface area contributed by atoms with E-state index in [-0.39, 0.29) is 141 Å². The van der Waals surface area contributed by atoms with Crippen LogP contribution < -0.4 is 17.2 Å². The van der Waals surface area contributed by atoms with Gasteiger partial charge in [0.1, 0.15) is 34.1 Å². The Morgan fingerprint density at radius 1 is 0.613 bits per heavy atom. The molecule has 14 nitrogen and oxygen atoms in total. The zero-order valence-corrected chi connectivity index (χ0v) is 48.1. The van der Waals surface area contributed by atoms with Crippen molar-refractivity contribution in [3.63, 3.8) is 0 Å². The van der Waals surface area contributed by atoms with Gasteiger partial charge < -0.3 is 46.0 Å². The summed E-state index contributed by atoms with van der Waals surface area (Å²) in [5.41, 5.74) is 11.3. The maximum atomic E-state index is 14.1. The number of Topliss-reactive ketones (excluding diaryl/α,β-unsaturated/α-hetero) is 5. The van der Waals surface area contributed by atoms with Crippen molar-refractivity contribution in [3.05, 3.63) is 0 Å². The van der Waals surface area contributed by atoms with E-state index < -0.39 is 45.3 Å². The molecule has 12 atom stereocenters. The Balaban J connectivity index is 1.59. The Morgan fingerprint density at radius 3 is 1.68 bits per heavy atom. The molecule has 0 aromatic rings. The van der Waals surface area contributed by atoms with Crippen LogP contribution in [0.3, 0.4) is 0 Å². The van der Waals surface area contributed by atoms with E-state index in [1.807, 2.05) is 41.5 Å². The number of ketones is 5. The summed E-state index contributed by atoms with van der Waals surface area (Å²) >= 11 is 0. The molecule has 7 N–H and O–H groups in total. The van der Waals surface area contributed by atoms with E-state index in [0.29, 0.717) is 12.8 Å². The number of carbonyl (C=O) groups is 5. The molecule has 0 saturated heterocycles. The summed E-state index contributed by atoms with van der Waals surface area (Å²) in [6.07, 6.45) is 5.15. The maximum Gasteiger partial charge on any atom is 0.237 e. The fourth-order valence-corrected chi connectivity index (χ4v) is 13.2. The summed E-state index contributed by atoms with van der Waals surface area (Å²) in [6.45, 7) is 26.6. The second-order valence-electron chi connectivity index (χ2n) is 24.9. The van der Waals surface area contributed by atoms with Crippen LogP contribution in [0.5, 0.6) is 0 Å². The van der Waals surface area contributed by atoms with Crippen molar-refractivity contribution in [1.29, 1.82) is 0 Å². The van der Waals surface area contributed by atoms with Gasteiger partial charge in [-0.2, -0.15) is 0 Å². The highest BCUT2D eigenvalue weighted by molar-refractivity contribution is 6.02. The van der Waals surface area contributed by atoms with Crippen LogP contribution in [0.1, 0.15) is 174 Å². The Morgan fingerprint density at radius 2 is 1.12 bits per heavy atom. The van der Waals surface area contributed by atoms with E-state index in [1.54, 1.807) is 34.6 Å². The average molecular weight is 1040 g/mol. The summed E-state index contributed by atoms with van der Waals surface area (Å²) in [4.78, 5) is 67.5. The summed E-state index contributed by atoms with van der Waals surface area (Å²) in [6, 6.07) is 0. The van der Waals surface area contributed by atoms with Crippen molar-refractivity contribution in [1.82, 2.24) is 0 Å². The first-order chi connectivity index (χ1) is 34.9. The number of rotatable bonds is 27. The molecule has 4 aliphatic carbocycles. The molecule has 0 aromatic carbocycles. The number of ether oxygens (including phenoxy) is 5. The fraction of sp³-hybridized carbons (Fsp3) is 0.787. The van der Waals surface area contributed by atoms with Gasteiger partial charge in [-0.15, -0.1) is 0 Å². The monoisotopic (exact) mass is 1040 g/mol. The summed E-state index contributed by atoms with van der Waals surface area (Å²) < 4.78 is 33.0. The second kappa shape index (κ2) is 26.3. The van der Waals surface area contributed by atoms with E-state index in [9.17, 15) is 29.1 Å². The van der Waals surface area contributed by atoms with Crippen LogP contribution >= 0.6 is 0 Å². The topological polar surface area (TPSA) is 230 Å². The lowest BCUT2D eigenvalue weighted by Crippen LogP contribution is -2.65. The highest BCUT2D eigenvalue weighted by Crippen LogP contribution is 2.70. The smallest absolute Gasteiger partial charge is 0.237 e. The fourth-order valence-electron chi connectivity index (χ4n) is 13.2. The van der Waals surface area contributed by atoms with Gasteiger partial charge in [0.25, 0.3) is 0 Å². The normalized spacial score (nSPS) is 28.4. The molecular weight excluding hydrogens is 951 g/mol. The van der Waals surface area contributed by atoms with E-state index in [0.717, 1.165) is 38.5 Å². The Hall–Kier alpha value is -3.77. The molecule has 75 heavy (non-hydrogen) atoms. The molecule has 418 valence electrons. The molecule has 4 rings (SSSR count). The molecule has 0 bridgehead atoms. The van der Waals surface area contributed by atoms with Gasteiger partial charge in [-0.05, 0) is 230 Å². The van der Waals surface area contributed by atoms with E-state index in [1.165, 1.54) is 0 Å². The predicted molar refractivity (Wildman–Crippen MR) is 290 cm³/mol. The molecule has 1 unspecified atom stereocenters. The van der Waals surface area contributed by atoms with Gasteiger partial charge in [0.15, 0.2) is 23.1 Å². The minimum absolute atomic E-state index is 0.0160. The van der Waals surface area contributed by atoms with Gasteiger partial charge in [0.05, 0.1) is 31.5 Å². The molecule has 4 aliphatic rings. The lowest BCUT2D eigenvalue weighted by molar-refractivity contribution is -0.255. The number of aliphatic hydroxyl groups excluding tert-OH is 1. The molecule has 4 fully saturated rings. The molecule has 4 saturated carbocycles. The van der Waals surface area contributed by atoms with Gasteiger partial charge in [0, 0.05) is 31.1 Å². The molecule has 14 heteroatoms. The molecule has 0 radical (unpaired) electrons. The van der Waals surface area contributed by atoms with Crippen molar-refractivity contribution < 1.29 is 52.8 Å². The zero-order chi connectivity index (χ0) is 56.4. The molecule has 0 spiro atoms. The van der Waals surface area contributed by atoms with E-state index in [4.69, 9.17) is 40.9 Å². The first-order valence-corrected chi connectivity index (χ1v) is 27.6.